The molecular formula is C21H24N4O3S2. The van der Waals surface area contributed by atoms with Crippen molar-refractivity contribution in [2.24, 2.45) is 0 Å². The van der Waals surface area contributed by atoms with Crippen LogP contribution in [0.2, 0.25) is 0 Å². The number of nitrogens with zero attached hydrogens (tertiary/aromatic N) is 2. The molecule has 158 valence electrons. The van der Waals surface area contributed by atoms with Crippen molar-refractivity contribution in [3.05, 3.63) is 70.3 Å². The molecule has 3 rings (SSSR count). The van der Waals surface area contributed by atoms with E-state index in [0.29, 0.717) is 12.0 Å². The fraction of sp³-hybridized carbons (Fsp3) is 0.286. The molecule has 7 nitrogen and oxygen atoms in total. The van der Waals surface area contributed by atoms with Crippen LogP contribution in [0.4, 0.5) is 5.13 Å². The maximum absolute atomic E-state index is 12.8. The summed E-state index contributed by atoms with van der Waals surface area (Å²) in [5.41, 5.74) is 4.55. The highest BCUT2D eigenvalue weighted by Gasteiger charge is 2.25. The zero-order valence-electron chi connectivity index (χ0n) is 17.3. The molecule has 1 amide bonds. The molecule has 0 radical (unpaired) electrons. The van der Waals surface area contributed by atoms with E-state index in [2.05, 4.69) is 20.2 Å². The van der Waals surface area contributed by atoms with Crippen molar-refractivity contribution in [1.82, 2.24) is 14.9 Å². The lowest BCUT2D eigenvalue weighted by Crippen LogP contribution is -2.28. The van der Waals surface area contributed by atoms with Crippen LogP contribution in [0.25, 0.3) is 0 Å². The highest BCUT2D eigenvalue weighted by molar-refractivity contribution is 7.91. The number of benzene rings is 2. The van der Waals surface area contributed by atoms with Crippen molar-refractivity contribution in [2.75, 3.05) is 5.32 Å². The minimum absolute atomic E-state index is 0.126. The summed E-state index contributed by atoms with van der Waals surface area (Å²) in [6, 6.07) is 12.6. The predicted octanol–water partition coefficient (Wildman–Crippen LogP) is 4.15. The predicted molar refractivity (Wildman–Crippen MR) is 118 cm³/mol. The maximum atomic E-state index is 12.8. The Balaban J connectivity index is 1.75. The molecule has 2 aromatic carbocycles. The zero-order chi connectivity index (χ0) is 21.9. The molecule has 0 aliphatic rings. The van der Waals surface area contributed by atoms with Crippen LogP contribution < -0.4 is 10.0 Å². The van der Waals surface area contributed by atoms with E-state index in [1.165, 1.54) is 0 Å². The molecule has 1 aromatic heterocycles. The second-order valence-electron chi connectivity index (χ2n) is 7.12. The monoisotopic (exact) mass is 444 g/mol. The van der Waals surface area contributed by atoms with E-state index in [-0.39, 0.29) is 21.4 Å². The highest BCUT2D eigenvalue weighted by atomic mass is 32.2. The molecule has 0 saturated carbocycles. The Kier molecular flexibility index (Phi) is 6.64. The Bertz CT molecular complexity index is 1170. The zero-order valence-corrected chi connectivity index (χ0v) is 18.9. The van der Waals surface area contributed by atoms with E-state index < -0.39 is 10.0 Å². The van der Waals surface area contributed by atoms with Gasteiger partial charge in [0.2, 0.25) is 9.47 Å². The van der Waals surface area contributed by atoms with Crippen molar-refractivity contribution in [2.45, 2.75) is 44.5 Å². The van der Waals surface area contributed by atoms with E-state index in [0.717, 1.165) is 33.6 Å². The third-order valence-corrected chi connectivity index (χ3v) is 7.45. The lowest BCUT2D eigenvalue weighted by Gasteiger charge is -2.17. The molecule has 1 heterocycles. The van der Waals surface area contributed by atoms with Crippen LogP contribution in [-0.2, 0) is 10.0 Å². The molecule has 0 spiro atoms. The fourth-order valence-electron chi connectivity index (χ4n) is 2.93. The number of aromatic nitrogens is 2. The van der Waals surface area contributed by atoms with Gasteiger partial charge in [-0.1, -0.05) is 54.2 Å². The first-order valence-electron chi connectivity index (χ1n) is 9.50. The molecule has 0 aliphatic heterocycles. The first-order chi connectivity index (χ1) is 14.2. The summed E-state index contributed by atoms with van der Waals surface area (Å²) in [4.78, 5) is 12.4. The number of carbonyl (C=O) groups is 1. The van der Waals surface area contributed by atoms with Gasteiger partial charge in [0.05, 0.1) is 0 Å². The van der Waals surface area contributed by atoms with Gasteiger partial charge in [-0.25, -0.2) is 13.1 Å². The summed E-state index contributed by atoms with van der Waals surface area (Å²) in [5, 5.41) is 10.3. The Morgan fingerprint density at radius 3 is 2.50 bits per heavy atom. The van der Waals surface area contributed by atoms with Crippen LogP contribution in [0, 0.1) is 20.8 Å². The second-order valence-corrected chi connectivity index (χ2v) is 9.99. The molecule has 0 bridgehead atoms. The number of hydrogen-bond acceptors (Lipinski definition) is 6. The standard InChI is InChI=1S/C21H24N4O3S2/c1-5-18(16-10-9-14(3)15(4)12-16)25-30(27,28)21-24-23-20(29-21)22-19(26)17-8-6-7-13(2)11-17/h6-12,18,25H,5H2,1-4H3,(H,22,23,26)/t18-/m1/s1. The van der Waals surface area contributed by atoms with Gasteiger partial charge in [-0.2, -0.15) is 0 Å². The number of anilines is 1. The van der Waals surface area contributed by atoms with Crippen LogP contribution in [0.15, 0.2) is 46.8 Å². The van der Waals surface area contributed by atoms with E-state index in [1.54, 1.807) is 18.2 Å². The van der Waals surface area contributed by atoms with E-state index in [1.807, 2.05) is 52.0 Å². The molecule has 1 atom stereocenters. The van der Waals surface area contributed by atoms with E-state index >= 15 is 0 Å². The first-order valence-corrected chi connectivity index (χ1v) is 11.8. The number of sulfonamides is 1. The Labute approximate surface area is 180 Å². The third-order valence-electron chi connectivity index (χ3n) is 4.78. The van der Waals surface area contributed by atoms with Crippen LogP contribution >= 0.6 is 11.3 Å². The average molecular weight is 445 g/mol. The van der Waals surface area contributed by atoms with E-state index in [9.17, 15) is 13.2 Å². The first kappa shape index (κ1) is 22.1. The van der Waals surface area contributed by atoms with Crippen LogP contribution in [-0.4, -0.2) is 24.5 Å². The summed E-state index contributed by atoms with van der Waals surface area (Å²) < 4.78 is 28.2. The van der Waals surface area contributed by atoms with Crippen molar-refractivity contribution in [1.29, 1.82) is 0 Å². The lowest BCUT2D eigenvalue weighted by molar-refractivity contribution is 0.102. The van der Waals surface area contributed by atoms with Crippen LogP contribution in [0.1, 0.15) is 52.0 Å². The topological polar surface area (TPSA) is 101 Å². The molecule has 0 fully saturated rings. The Morgan fingerprint density at radius 1 is 1.07 bits per heavy atom. The van der Waals surface area contributed by atoms with Crippen molar-refractivity contribution >= 4 is 32.4 Å². The summed E-state index contributed by atoms with van der Waals surface area (Å²) in [6.45, 7) is 7.81. The Hall–Kier alpha value is -2.62. The number of nitrogens with one attached hydrogen (secondary N) is 2. The number of aryl methyl sites for hydroxylation is 3. The van der Waals surface area contributed by atoms with Gasteiger partial charge >= 0.3 is 0 Å². The van der Waals surface area contributed by atoms with Gasteiger partial charge in [0.1, 0.15) is 0 Å². The molecule has 3 aromatic rings. The minimum atomic E-state index is -3.89. The minimum Gasteiger partial charge on any atom is -0.296 e. The average Bonchev–Trinajstić information content (AvgIpc) is 3.18. The number of amides is 1. The summed E-state index contributed by atoms with van der Waals surface area (Å²) in [7, 11) is -3.89. The maximum Gasteiger partial charge on any atom is 0.270 e. The summed E-state index contributed by atoms with van der Waals surface area (Å²) >= 11 is 0.816. The van der Waals surface area contributed by atoms with Gasteiger partial charge in [-0.15, -0.1) is 10.2 Å². The molecule has 2 N–H and O–H groups in total. The molecule has 0 unspecified atom stereocenters. The van der Waals surface area contributed by atoms with Gasteiger partial charge in [-0.05, 0) is 56.0 Å². The van der Waals surface area contributed by atoms with E-state index in [4.69, 9.17) is 0 Å². The van der Waals surface area contributed by atoms with Gasteiger partial charge in [0.25, 0.3) is 15.9 Å². The van der Waals surface area contributed by atoms with Gasteiger partial charge in [0, 0.05) is 11.6 Å². The number of carbonyl (C=O) groups excluding carboxylic acids is 1. The van der Waals surface area contributed by atoms with Crippen molar-refractivity contribution < 1.29 is 13.2 Å². The largest absolute Gasteiger partial charge is 0.296 e. The smallest absolute Gasteiger partial charge is 0.270 e. The Morgan fingerprint density at radius 2 is 1.83 bits per heavy atom. The molecule has 0 aliphatic carbocycles. The quantitative estimate of drug-likeness (QED) is 0.533. The highest BCUT2D eigenvalue weighted by Crippen LogP contribution is 2.25. The normalized spacial score (nSPS) is 12.5. The van der Waals surface area contributed by atoms with Gasteiger partial charge < -0.3 is 0 Å². The number of rotatable bonds is 7. The van der Waals surface area contributed by atoms with Crippen molar-refractivity contribution in [3.8, 4) is 0 Å². The third kappa shape index (κ3) is 5.10. The molecule has 0 saturated heterocycles. The fourth-order valence-corrected chi connectivity index (χ4v) is 5.15. The summed E-state index contributed by atoms with van der Waals surface area (Å²) in [5.74, 6) is -0.367. The molecular weight excluding hydrogens is 420 g/mol. The molecule has 9 heteroatoms. The summed E-state index contributed by atoms with van der Waals surface area (Å²) in [6.07, 6.45) is 0.581. The van der Waals surface area contributed by atoms with Crippen LogP contribution in [0.3, 0.4) is 0 Å². The van der Waals surface area contributed by atoms with Gasteiger partial charge in [0.15, 0.2) is 0 Å². The SMILES string of the molecule is CC[C@@H](NS(=O)(=O)c1nnc(NC(=O)c2cccc(C)c2)s1)c1ccc(C)c(C)c1. The number of hydrogen-bond donors (Lipinski definition) is 2. The second kappa shape index (κ2) is 9.03. The molecule has 30 heavy (non-hydrogen) atoms. The van der Waals surface area contributed by atoms with Gasteiger partial charge in [-0.3, -0.25) is 10.1 Å². The van der Waals surface area contributed by atoms with Crippen LogP contribution in [0.5, 0.6) is 0 Å². The van der Waals surface area contributed by atoms with Crippen molar-refractivity contribution in [3.63, 3.8) is 0 Å². The lowest BCUT2D eigenvalue weighted by atomic mass is 10.0.